The summed E-state index contributed by atoms with van der Waals surface area (Å²) in [5.41, 5.74) is 8.84. The third kappa shape index (κ3) is 6.65. The topological polar surface area (TPSA) is 89.1 Å². The number of anilines is 4. The normalized spacial score (nSPS) is 16.0. The number of amides is 3. The highest BCUT2D eigenvalue weighted by atomic mass is 16.5. The van der Waals surface area contributed by atoms with Crippen molar-refractivity contribution in [2.45, 2.75) is 33.2 Å². The van der Waals surface area contributed by atoms with Crippen LogP contribution in [0.1, 0.15) is 75.5 Å². The van der Waals surface area contributed by atoms with Crippen molar-refractivity contribution in [2.75, 3.05) is 99.3 Å². The van der Waals surface area contributed by atoms with Gasteiger partial charge in [0.2, 0.25) is 0 Å². The Labute approximate surface area is 381 Å². The Bertz CT molecular complexity index is 2780. The van der Waals surface area contributed by atoms with Crippen molar-refractivity contribution in [3.8, 4) is 22.6 Å². The van der Waals surface area contributed by atoms with E-state index in [0.29, 0.717) is 54.1 Å². The highest BCUT2D eigenvalue weighted by Crippen LogP contribution is 2.59. The zero-order valence-electron chi connectivity index (χ0n) is 38.2. The molecule has 10 rings (SSSR count). The third-order valence-corrected chi connectivity index (χ3v) is 13.9. The summed E-state index contributed by atoms with van der Waals surface area (Å²) in [7, 11) is 4.07. The number of benzene rings is 6. The van der Waals surface area contributed by atoms with Gasteiger partial charge in [0.05, 0.1) is 18.9 Å². The number of ether oxygens (including phenoxy) is 2. The number of fused-ring (bicyclic) bond motifs is 6. The fraction of sp³-hybridized carbons (Fsp3) is 0.315. The SMILES string of the molecule is CCN(CC)c1ccc2c(c1)Oc1cc(N(CC)CC)ccc1C21c2cc(-c3ccc(N4C(=O)c5cccc6c(N7CCOCC7)ccc(c56)C4=O)cc3)ccc2C(=O)N1CCN(C)C. The molecule has 1 fully saturated rings. The van der Waals surface area contributed by atoms with Crippen LogP contribution in [0.25, 0.3) is 21.9 Å². The second kappa shape index (κ2) is 16.7. The fourth-order valence-electron chi connectivity index (χ4n) is 10.6. The molecular weight excluding hydrogens is 813 g/mol. The number of hydrogen-bond acceptors (Lipinski definition) is 9. The highest BCUT2D eigenvalue weighted by Gasteiger charge is 2.56. The van der Waals surface area contributed by atoms with Crippen LogP contribution in [0.2, 0.25) is 0 Å². The maximum absolute atomic E-state index is 15.0. The van der Waals surface area contributed by atoms with E-state index in [2.05, 4.69) is 94.7 Å². The Morgan fingerprint density at radius 3 is 1.78 bits per heavy atom. The van der Waals surface area contributed by atoms with Crippen LogP contribution in [0.5, 0.6) is 11.5 Å². The van der Waals surface area contributed by atoms with Crippen LogP contribution in [-0.4, -0.2) is 107 Å². The standard InChI is InChI=1S/C54H56N6O5/c1-7-56(8-2)38-19-23-44-48(33-38)65-49-34-39(57(9-3)10-4)20-24-45(49)54(44)46-32-36(16-21-40(46)51(61)59(54)27-26-55(5)6)35-14-17-37(18-15-35)60-52(62)42-13-11-12-41-47(58-28-30-64-31-29-58)25-22-43(50(41)42)53(60)63/h11-25,32-34H,7-10,26-31H2,1-6H3. The highest BCUT2D eigenvalue weighted by molar-refractivity contribution is 6.36. The van der Waals surface area contributed by atoms with Crippen LogP contribution in [0.3, 0.4) is 0 Å². The number of likely N-dealkylation sites (N-methyl/N-ethyl adjacent to an activating group) is 1. The smallest absolute Gasteiger partial charge is 0.265 e. The molecular formula is C54H56N6O5. The van der Waals surface area contributed by atoms with Gasteiger partial charge in [0.15, 0.2) is 0 Å². The first-order valence-corrected chi connectivity index (χ1v) is 23.1. The van der Waals surface area contributed by atoms with E-state index in [4.69, 9.17) is 9.47 Å². The minimum atomic E-state index is -0.992. The first kappa shape index (κ1) is 42.3. The van der Waals surface area contributed by atoms with Gasteiger partial charge in [0, 0.05) is 126 Å². The van der Waals surface area contributed by atoms with Gasteiger partial charge in [0.1, 0.15) is 17.0 Å². The summed E-state index contributed by atoms with van der Waals surface area (Å²) in [6, 6.07) is 36.2. The van der Waals surface area contributed by atoms with E-state index in [-0.39, 0.29) is 17.7 Å². The zero-order valence-corrected chi connectivity index (χ0v) is 38.2. The number of carbonyl (C=O) groups is 3. The molecule has 0 unspecified atom stereocenters. The van der Waals surface area contributed by atoms with E-state index in [1.807, 2.05) is 80.8 Å². The van der Waals surface area contributed by atoms with E-state index in [0.717, 1.165) is 101 Å². The third-order valence-electron chi connectivity index (χ3n) is 13.9. The van der Waals surface area contributed by atoms with Crippen molar-refractivity contribution in [1.29, 1.82) is 0 Å². The van der Waals surface area contributed by atoms with E-state index < -0.39 is 5.54 Å². The van der Waals surface area contributed by atoms with Gasteiger partial charge < -0.3 is 34.0 Å². The summed E-state index contributed by atoms with van der Waals surface area (Å²) >= 11 is 0. The van der Waals surface area contributed by atoms with E-state index in [9.17, 15) is 14.4 Å². The number of imide groups is 1. The summed E-state index contributed by atoms with van der Waals surface area (Å²) in [6.07, 6.45) is 0. The molecule has 4 heterocycles. The van der Waals surface area contributed by atoms with Crippen LogP contribution in [-0.2, 0) is 10.3 Å². The van der Waals surface area contributed by atoms with Crippen molar-refractivity contribution < 1.29 is 23.9 Å². The molecule has 65 heavy (non-hydrogen) atoms. The van der Waals surface area contributed by atoms with Crippen LogP contribution >= 0.6 is 0 Å². The number of carbonyl (C=O) groups excluding carboxylic acids is 3. The molecule has 1 spiro atoms. The number of morpholine rings is 1. The molecule has 0 atom stereocenters. The van der Waals surface area contributed by atoms with Gasteiger partial charge in [-0.1, -0.05) is 42.5 Å². The molecule has 0 radical (unpaired) electrons. The molecule has 11 heteroatoms. The molecule has 3 amide bonds. The lowest BCUT2D eigenvalue weighted by molar-refractivity contribution is 0.0649. The number of hydrogen-bond donors (Lipinski definition) is 0. The van der Waals surface area contributed by atoms with Crippen LogP contribution < -0.4 is 24.3 Å². The average molecular weight is 869 g/mol. The molecule has 11 nitrogen and oxygen atoms in total. The zero-order chi connectivity index (χ0) is 45.1. The summed E-state index contributed by atoms with van der Waals surface area (Å²) in [4.78, 5) is 56.0. The Morgan fingerprint density at radius 2 is 1.18 bits per heavy atom. The predicted octanol–water partition coefficient (Wildman–Crippen LogP) is 9.25. The summed E-state index contributed by atoms with van der Waals surface area (Å²) in [6.45, 7) is 15.9. The maximum Gasteiger partial charge on any atom is 0.265 e. The lowest BCUT2D eigenvalue weighted by Crippen LogP contribution is -2.49. The summed E-state index contributed by atoms with van der Waals surface area (Å²) in [5, 5.41) is 1.60. The van der Waals surface area contributed by atoms with Gasteiger partial charge in [-0.05, 0) is 108 Å². The molecule has 0 saturated carbocycles. The Kier molecular flexibility index (Phi) is 10.9. The maximum atomic E-state index is 15.0. The number of nitrogens with zero attached hydrogens (tertiary/aromatic N) is 6. The summed E-state index contributed by atoms with van der Waals surface area (Å²) < 4.78 is 12.6. The largest absolute Gasteiger partial charge is 0.456 e. The second-order valence-electron chi connectivity index (χ2n) is 17.5. The molecule has 0 aliphatic carbocycles. The fourth-order valence-corrected chi connectivity index (χ4v) is 10.6. The first-order valence-electron chi connectivity index (χ1n) is 23.1. The predicted molar refractivity (Wildman–Crippen MR) is 260 cm³/mol. The molecule has 332 valence electrons. The Balaban J connectivity index is 1.08. The van der Waals surface area contributed by atoms with Gasteiger partial charge in [-0.15, -0.1) is 0 Å². The van der Waals surface area contributed by atoms with Gasteiger partial charge in [-0.25, -0.2) is 4.90 Å². The van der Waals surface area contributed by atoms with Crippen molar-refractivity contribution in [3.05, 3.63) is 143 Å². The van der Waals surface area contributed by atoms with Gasteiger partial charge in [0.25, 0.3) is 17.7 Å². The molecule has 0 N–H and O–H groups in total. The minimum Gasteiger partial charge on any atom is -0.456 e. The molecule has 4 aliphatic heterocycles. The van der Waals surface area contributed by atoms with Gasteiger partial charge in [-0.2, -0.15) is 0 Å². The molecule has 1 saturated heterocycles. The van der Waals surface area contributed by atoms with Crippen LogP contribution in [0, 0.1) is 0 Å². The average Bonchev–Trinajstić information content (AvgIpc) is 3.57. The van der Waals surface area contributed by atoms with E-state index in [1.165, 1.54) is 4.90 Å². The van der Waals surface area contributed by atoms with Crippen LogP contribution in [0.4, 0.5) is 22.7 Å². The van der Waals surface area contributed by atoms with Crippen molar-refractivity contribution in [2.24, 2.45) is 0 Å². The minimum absolute atomic E-state index is 0.0299. The van der Waals surface area contributed by atoms with Crippen LogP contribution in [0.15, 0.2) is 109 Å². The lowest BCUT2D eigenvalue weighted by atomic mass is 9.74. The second-order valence-corrected chi connectivity index (χ2v) is 17.5. The van der Waals surface area contributed by atoms with E-state index >= 15 is 0 Å². The van der Waals surface area contributed by atoms with Crippen molar-refractivity contribution >= 4 is 51.2 Å². The molecule has 6 aromatic carbocycles. The molecule has 6 aromatic rings. The summed E-state index contributed by atoms with van der Waals surface area (Å²) in [5.74, 6) is 0.739. The van der Waals surface area contributed by atoms with Crippen molar-refractivity contribution in [1.82, 2.24) is 9.80 Å². The van der Waals surface area contributed by atoms with Gasteiger partial charge in [-0.3, -0.25) is 14.4 Å². The molecule has 4 aliphatic rings. The molecule has 0 aromatic heterocycles. The number of rotatable bonds is 12. The van der Waals surface area contributed by atoms with E-state index in [1.54, 1.807) is 0 Å². The monoisotopic (exact) mass is 868 g/mol. The lowest BCUT2D eigenvalue weighted by Gasteiger charge is -2.45. The molecule has 0 bridgehead atoms. The quantitative estimate of drug-likeness (QED) is 0.112. The first-order chi connectivity index (χ1) is 31.6. The van der Waals surface area contributed by atoms with Gasteiger partial charge >= 0.3 is 0 Å². The van der Waals surface area contributed by atoms with Crippen molar-refractivity contribution in [3.63, 3.8) is 0 Å². The Hall–Kier alpha value is -6.69. The Morgan fingerprint density at radius 1 is 0.600 bits per heavy atom.